The molecular weight excluding hydrogens is 418 g/mol. The van der Waals surface area contributed by atoms with E-state index in [0.29, 0.717) is 0 Å². The zero-order chi connectivity index (χ0) is 15.7. The first-order chi connectivity index (χ1) is 9.20. The van der Waals surface area contributed by atoms with Gasteiger partial charge in [0.15, 0.2) is 0 Å². The van der Waals surface area contributed by atoms with E-state index >= 15 is 0 Å². The van der Waals surface area contributed by atoms with Gasteiger partial charge in [0.25, 0.3) is 0 Å². The Bertz CT molecular complexity index is 332. The van der Waals surface area contributed by atoms with Gasteiger partial charge in [-0.05, 0) is 0 Å². The predicted octanol–water partition coefficient (Wildman–Crippen LogP) is -8.32. The first-order valence-electron chi connectivity index (χ1n) is 5.52. The molecule has 0 aromatic carbocycles. The van der Waals surface area contributed by atoms with Crippen molar-refractivity contribution in [1.29, 1.82) is 0 Å². The molecule has 16 nitrogen and oxygen atoms in total. The van der Waals surface area contributed by atoms with E-state index in [0.717, 1.165) is 9.80 Å². The standard InChI is InChI=1S/C10H16N2O8.2Na.6H2O.2H/c13-7(14)3-11(4-8(15)16)1-2-12(5-9(17)18)6-10(19)20;;;;;;;;;;/h1-6H2,(H,13,14)(H,15,16)(H,17,18)(H,19,20);;;6*1H2;;. The molecule has 0 saturated heterocycles. The third kappa shape index (κ3) is 36.5. The van der Waals surface area contributed by atoms with Crippen molar-refractivity contribution in [3.63, 3.8) is 0 Å². The van der Waals surface area contributed by atoms with Crippen LogP contribution in [0.25, 0.3) is 0 Å². The number of nitrogens with zero attached hydrogens (tertiary/aromatic N) is 2. The summed E-state index contributed by atoms with van der Waals surface area (Å²) in [4.78, 5) is 44.4. The van der Waals surface area contributed by atoms with Crippen LogP contribution in [0.15, 0.2) is 0 Å². The van der Waals surface area contributed by atoms with Gasteiger partial charge in [-0.25, -0.2) is 0 Å². The minimum atomic E-state index is -1.23. The second-order valence-corrected chi connectivity index (χ2v) is 4.00. The number of hydrogen-bond acceptors (Lipinski definition) is 6. The quantitative estimate of drug-likeness (QED) is 0.216. The molecule has 0 radical (unpaired) electrons. The predicted molar refractivity (Wildman–Crippen MR) is 99.4 cm³/mol. The summed E-state index contributed by atoms with van der Waals surface area (Å²) >= 11 is 0. The molecule has 0 aliphatic carbocycles. The van der Waals surface area contributed by atoms with Crippen molar-refractivity contribution in [1.82, 2.24) is 9.80 Å². The Morgan fingerprint density at radius 3 is 0.714 bits per heavy atom. The van der Waals surface area contributed by atoms with E-state index in [1.54, 1.807) is 0 Å². The van der Waals surface area contributed by atoms with Crippen molar-refractivity contribution in [2.45, 2.75) is 0 Å². The molecule has 0 atom stereocenters. The minimum absolute atomic E-state index is 0. The second kappa shape index (κ2) is 31.3. The SMILES string of the molecule is O.O.O.O.O.O.O=C(O)CN(CCN(CC(=O)O)CC(=O)O)CC(=O)O.[NaH].[NaH]. The van der Waals surface area contributed by atoms with Gasteiger partial charge in [0, 0.05) is 13.1 Å². The van der Waals surface area contributed by atoms with Crippen LogP contribution in [0.3, 0.4) is 0 Å². The molecule has 0 aliphatic rings. The fourth-order valence-corrected chi connectivity index (χ4v) is 1.48. The molecule has 16 N–H and O–H groups in total. The summed E-state index contributed by atoms with van der Waals surface area (Å²) in [6, 6.07) is 0. The van der Waals surface area contributed by atoms with Crippen LogP contribution in [0.4, 0.5) is 0 Å². The topological polar surface area (TPSA) is 345 Å². The average molecular weight is 448 g/mol. The molecule has 0 saturated carbocycles. The molecule has 28 heavy (non-hydrogen) atoms. The van der Waals surface area contributed by atoms with Crippen molar-refractivity contribution in [2.75, 3.05) is 39.3 Å². The number of carbonyl (C=O) groups is 4. The van der Waals surface area contributed by atoms with Crippen molar-refractivity contribution in [3.05, 3.63) is 0 Å². The van der Waals surface area contributed by atoms with Crippen molar-refractivity contribution < 1.29 is 72.5 Å². The molecule has 0 heterocycles. The molecule has 0 aromatic rings. The Labute approximate surface area is 203 Å². The van der Waals surface area contributed by atoms with Gasteiger partial charge in [-0.2, -0.15) is 0 Å². The van der Waals surface area contributed by atoms with E-state index < -0.39 is 50.1 Å². The normalized spacial score (nSPS) is 7.64. The summed E-state index contributed by atoms with van der Waals surface area (Å²) in [5.41, 5.74) is 0. The van der Waals surface area contributed by atoms with Gasteiger partial charge in [-0.3, -0.25) is 29.0 Å². The number of rotatable bonds is 11. The Hall–Kier alpha value is -0.440. The van der Waals surface area contributed by atoms with Crippen LogP contribution in [0, 0.1) is 0 Å². The molecule has 166 valence electrons. The second-order valence-electron chi connectivity index (χ2n) is 4.00. The van der Waals surface area contributed by atoms with Crippen LogP contribution in [0.2, 0.25) is 0 Å². The Balaban J connectivity index is -0.0000000645. The molecule has 0 amide bonds. The van der Waals surface area contributed by atoms with Crippen LogP contribution in [0.5, 0.6) is 0 Å². The average Bonchev–Trinajstić information content (AvgIpc) is 2.22. The van der Waals surface area contributed by atoms with Crippen molar-refractivity contribution in [3.8, 4) is 0 Å². The van der Waals surface area contributed by atoms with Crippen molar-refractivity contribution in [2.24, 2.45) is 0 Å². The van der Waals surface area contributed by atoms with Crippen LogP contribution in [-0.4, -0.2) is 185 Å². The summed E-state index contributed by atoms with van der Waals surface area (Å²) in [5, 5.41) is 34.5. The van der Waals surface area contributed by atoms with Gasteiger partial charge in [0.1, 0.15) is 0 Å². The maximum absolute atomic E-state index is 10.6. The first kappa shape index (κ1) is 56.4. The monoisotopic (exact) mass is 448 g/mol. The summed E-state index contributed by atoms with van der Waals surface area (Å²) in [5.74, 6) is -4.91. The molecule has 0 aliphatic heterocycles. The fourth-order valence-electron chi connectivity index (χ4n) is 1.48. The van der Waals surface area contributed by atoms with E-state index in [1.807, 2.05) is 0 Å². The molecule has 18 heteroatoms. The number of hydrogen-bond donors (Lipinski definition) is 4. The van der Waals surface area contributed by atoms with Gasteiger partial charge in [0.05, 0.1) is 26.2 Å². The van der Waals surface area contributed by atoms with Crippen LogP contribution >= 0.6 is 0 Å². The number of aliphatic carboxylic acids is 4. The van der Waals surface area contributed by atoms with Gasteiger partial charge >= 0.3 is 83.0 Å². The van der Waals surface area contributed by atoms with E-state index in [4.69, 9.17) is 20.4 Å². The number of carboxylic acids is 4. The van der Waals surface area contributed by atoms with Crippen LogP contribution in [-0.2, 0) is 19.2 Å². The van der Waals surface area contributed by atoms with E-state index in [-0.39, 0.29) is 105 Å². The van der Waals surface area contributed by atoms with Gasteiger partial charge in [-0.1, -0.05) is 0 Å². The van der Waals surface area contributed by atoms with Gasteiger partial charge in [-0.15, -0.1) is 0 Å². The van der Waals surface area contributed by atoms with Gasteiger partial charge < -0.3 is 53.3 Å². The van der Waals surface area contributed by atoms with E-state index in [1.165, 1.54) is 0 Å². The van der Waals surface area contributed by atoms with Gasteiger partial charge in [0.2, 0.25) is 0 Å². The third-order valence-corrected chi connectivity index (χ3v) is 2.17. The molecule has 0 aromatic heterocycles. The summed E-state index contributed by atoms with van der Waals surface area (Å²) in [6.07, 6.45) is 0. The first-order valence-corrected chi connectivity index (χ1v) is 5.52. The summed E-state index contributed by atoms with van der Waals surface area (Å²) in [7, 11) is 0. The van der Waals surface area contributed by atoms with Crippen LogP contribution < -0.4 is 0 Å². The van der Waals surface area contributed by atoms with Crippen molar-refractivity contribution >= 4 is 83.0 Å². The maximum atomic E-state index is 10.6. The van der Waals surface area contributed by atoms with Crippen LogP contribution in [0.1, 0.15) is 0 Å². The Morgan fingerprint density at radius 2 is 0.607 bits per heavy atom. The zero-order valence-corrected chi connectivity index (χ0v) is 13.6. The molecule has 0 fully saturated rings. The molecule has 0 unspecified atom stereocenters. The third-order valence-electron chi connectivity index (χ3n) is 2.17. The Kier molecular flexibility index (Phi) is 63.0. The molecule has 0 spiro atoms. The molecule has 0 rings (SSSR count). The summed E-state index contributed by atoms with van der Waals surface area (Å²) < 4.78 is 0. The summed E-state index contributed by atoms with van der Waals surface area (Å²) in [6.45, 7) is -2.25. The molecular formula is C10H30N2Na2O14. The fraction of sp³-hybridized carbons (Fsp3) is 0.600. The van der Waals surface area contributed by atoms with E-state index in [9.17, 15) is 19.2 Å². The zero-order valence-electron chi connectivity index (χ0n) is 13.6. The Morgan fingerprint density at radius 1 is 0.464 bits per heavy atom. The number of carboxylic acid groups (broad SMARTS) is 4. The van der Waals surface area contributed by atoms with E-state index in [2.05, 4.69) is 0 Å². The molecule has 0 bridgehead atoms.